The topological polar surface area (TPSA) is 83.7 Å². The maximum Gasteiger partial charge on any atom is 0.359 e. The lowest BCUT2D eigenvalue weighted by molar-refractivity contribution is 0.0521. The highest BCUT2D eigenvalue weighted by Crippen LogP contribution is 2.36. The smallest absolute Gasteiger partial charge is 0.359 e. The van der Waals surface area contributed by atoms with Crippen LogP contribution >= 0.6 is 0 Å². The van der Waals surface area contributed by atoms with Crippen molar-refractivity contribution < 1.29 is 19.0 Å². The summed E-state index contributed by atoms with van der Waals surface area (Å²) in [6, 6.07) is 5.19. The molecule has 1 aromatic heterocycles. The summed E-state index contributed by atoms with van der Waals surface area (Å²) in [4.78, 5) is 16.0. The van der Waals surface area contributed by atoms with Crippen molar-refractivity contribution in [2.45, 2.75) is 6.92 Å². The quantitative estimate of drug-likeness (QED) is 0.828. The lowest BCUT2D eigenvalue weighted by Crippen LogP contribution is -2.10. The van der Waals surface area contributed by atoms with E-state index >= 15 is 0 Å². The summed E-state index contributed by atoms with van der Waals surface area (Å²) in [6.45, 7) is 2.19. The molecule has 1 aliphatic rings. The number of aromatic nitrogens is 1. The van der Waals surface area contributed by atoms with Gasteiger partial charge in [0.2, 0.25) is 6.79 Å². The molecular weight excluding hydrogens is 248 g/mol. The Hall–Kier alpha value is -2.50. The van der Waals surface area contributed by atoms with Crippen LogP contribution in [0, 0.1) is 0 Å². The molecule has 2 heterocycles. The van der Waals surface area contributed by atoms with Crippen LogP contribution in [-0.2, 0) is 4.74 Å². The van der Waals surface area contributed by atoms with Gasteiger partial charge >= 0.3 is 5.97 Å². The van der Waals surface area contributed by atoms with Crippen molar-refractivity contribution in [2.24, 2.45) is 0 Å². The first kappa shape index (κ1) is 11.6. The molecule has 0 unspecified atom stereocenters. The second-order valence-corrected chi connectivity index (χ2v) is 4.04. The summed E-state index contributed by atoms with van der Waals surface area (Å²) in [5.74, 6) is 0.733. The van der Waals surface area contributed by atoms with Crippen molar-refractivity contribution in [2.75, 3.05) is 19.1 Å². The number of fused-ring (bicyclic) bond motifs is 2. The fourth-order valence-electron chi connectivity index (χ4n) is 1.94. The molecule has 0 bridgehead atoms. The molecule has 0 aliphatic carbocycles. The van der Waals surface area contributed by atoms with Gasteiger partial charge in [0, 0.05) is 11.5 Å². The van der Waals surface area contributed by atoms with Crippen molar-refractivity contribution in [3.8, 4) is 11.5 Å². The molecule has 6 heteroatoms. The minimum Gasteiger partial charge on any atom is -0.461 e. The van der Waals surface area contributed by atoms with Crippen LogP contribution < -0.4 is 15.2 Å². The van der Waals surface area contributed by atoms with Gasteiger partial charge in [-0.15, -0.1) is 0 Å². The zero-order valence-corrected chi connectivity index (χ0v) is 10.3. The van der Waals surface area contributed by atoms with Crippen molar-refractivity contribution in [1.29, 1.82) is 0 Å². The maximum absolute atomic E-state index is 11.7. The number of hydrogen-bond donors (Lipinski definition) is 1. The minimum atomic E-state index is -0.528. The van der Waals surface area contributed by atoms with Crippen LogP contribution in [0.1, 0.15) is 17.4 Å². The molecule has 6 nitrogen and oxygen atoms in total. The molecule has 3 rings (SSSR count). The third-order valence-electron chi connectivity index (χ3n) is 2.81. The number of nitrogen functional groups attached to an aromatic ring is 1. The fraction of sp³-hybridized carbons (Fsp3) is 0.231. The first-order chi connectivity index (χ1) is 9.19. The van der Waals surface area contributed by atoms with E-state index in [9.17, 15) is 4.79 Å². The Morgan fingerprint density at radius 3 is 2.84 bits per heavy atom. The molecule has 0 atom stereocenters. The van der Waals surface area contributed by atoms with E-state index in [0.29, 0.717) is 17.0 Å². The monoisotopic (exact) mass is 260 g/mol. The van der Waals surface area contributed by atoms with E-state index in [1.807, 2.05) is 0 Å². The van der Waals surface area contributed by atoms with Gasteiger partial charge in [-0.3, -0.25) is 0 Å². The largest absolute Gasteiger partial charge is 0.461 e. The molecule has 0 amide bonds. The molecule has 0 radical (unpaired) electrons. The molecule has 98 valence electrons. The van der Waals surface area contributed by atoms with E-state index in [1.54, 1.807) is 25.1 Å². The number of nitrogens with two attached hydrogens (primary N) is 1. The number of carbonyl (C=O) groups excluding carboxylic acids is 1. The number of pyridine rings is 1. The Bertz CT molecular complexity index is 669. The normalized spacial score (nSPS) is 12.7. The number of nitrogens with zero attached hydrogens (tertiary/aromatic N) is 1. The van der Waals surface area contributed by atoms with Gasteiger partial charge in [0.25, 0.3) is 0 Å². The van der Waals surface area contributed by atoms with Crippen LogP contribution in [-0.4, -0.2) is 24.4 Å². The summed E-state index contributed by atoms with van der Waals surface area (Å²) in [5, 5.41) is 0.787. The molecule has 2 aromatic rings. The molecular formula is C13H12N2O4. The number of esters is 1. The highest BCUT2D eigenvalue weighted by atomic mass is 16.7. The maximum atomic E-state index is 11.7. The van der Waals surface area contributed by atoms with Crippen molar-refractivity contribution in [1.82, 2.24) is 4.98 Å². The summed E-state index contributed by atoms with van der Waals surface area (Å²) in [5.41, 5.74) is 6.84. The zero-order valence-electron chi connectivity index (χ0n) is 10.3. The lowest BCUT2D eigenvalue weighted by atomic mass is 10.1. The lowest BCUT2D eigenvalue weighted by Gasteiger charge is -2.07. The second-order valence-electron chi connectivity index (χ2n) is 4.04. The Balaban J connectivity index is 2.14. The van der Waals surface area contributed by atoms with Crippen molar-refractivity contribution in [3.05, 3.63) is 23.9 Å². The molecule has 1 aromatic carbocycles. The predicted octanol–water partition coefficient (Wildman–Crippen LogP) is 1.72. The molecule has 0 spiro atoms. The van der Waals surface area contributed by atoms with Gasteiger partial charge in [-0.1, -0.05) is 0 Å². The first-order valence-electron chi connectivity index (χ1n) is 5.86. The summed E-state index contributed by atoms with van der Waals surface area (Å²) in [7, 11) is 0. The predicted molar refractivity (Wildman–Crippen MR) is 68.2 cm³/mol. The number of hydrogen-bond acceptors (Lipinski definition) is 6. The van der Waals surface area contributed by atoms with Gasteiger partial charge in [-0.05, 0) is 19.1 Å². The third-order valence-corrected chi connectivity index (χ3v) is 2.81. The van der Waals surface area contributed by atoms with Crippen LogP contribution in [0.3, 0.4) is 0 Å². The van der Waals surface area contributed by atoms with Crippen molar-refractivity contribution >= 4 is 22.6 Å². The third kappa shape index (κ3) is 1.91. The van der Waals surface area contributed by atoms with E-state index in [1.165, 1.54) is 0 Å². The van der Waals surface area contributed by atoms with Gasteiger partial charge < -0.3 is 19.9 Å². The Kier molecular flexibility index (Phi) is 2.63. The van der Waals surface area contributed by atoms with Gasteiger partial charge in [-0.25, -0.2) is 9.78 Å². The molecule has 2 N–H and O–H groups in total. The van der Waals surface area contributed by atoms with Crippen LogP contribution in [0.25, 0.3) is 10.9 Å². The number of carbonyl (C=O) groups is 1. The highest BCUT2D eigenvalue weighted by Gasteiger charge is 2.18. The minimum absolute atomic E-state index is 0.119. The van der Waals surface area contributed by atoms with Gasteiger partial charge in [-0.2, -0.15) is 0 Å². The summed E-state index contributed by atoms with van der Waals surface area (Å²) < 4.78 is 15.5. The SMILES string of the molecule is CCOC(=O)c1nc2cc3c(cc2cc1N)OCO3. The van der Waals surface area contributed by atoms with Crippen LogP contribution in [0.2, 0.25) is 0 Å². The van der Waals surface area contributed by atoms with E-state index in [4.69, 9.17) is 19.9 Å². The van der Waals surface area contributed by atoms with Crippen LogP contribution in [0.4, 0.5) is 5.69 Å². The number of benzene rings is 1. The molecule has 0 fully saturated rings. The zero-order chi connectivity index (χ0) is 13.4. The average molecular weight is 260 g/mol. The fourth-order valence-corrected chi connectivity index (χ4v) is 1.94. The van der Waals surface area contributed by atoms with E-state index < -0.39 is 5.97 Å². The molecule has 0 saturated heterocycles. The van der Waals surface area contributed by atoms with E-state index in [-0.39, 0.29) is 24.8 Å². The summed E-state index contributed by atoms with van der Waals surface area (Å²) in [6.07, 6.45) is 0. The molecule has 19 heavy (non-hydrogen) atoms. The molecule has 0 saturated carbocycles. The van der Waals surface area contributed by atoms with Crippen LogP contribution in [0.5, 0.6) is 11.5 Å². The Labute approximate surface area is 109 Å². The second kappa shape index (κ2) is 4.31. The summed E-state index contributed by atoms with van der Waals surface area (Å²) >= 11 is 0. The first-order valence-corrected chi connectivity index (χ1v) is 5.86. The Morgan fingerprint density at radius 2 is 2.11 bits per heavy atom. The number of ether oxygens (including phenoxy) is 3. The standard InChI is InChI=1S/C13H12N2O4/c1-2-17-13(16)12-8(14)3-7-4-10-11(19-6-18-10)5-9(7)15-12/h3-5H,2,6,14H2,1H3. The van der Waals surface area contributed by atoms with Crippen molar-refractivity contribution in [3.63, 3.8) is 0 Å². The number of anilines is 1. The highest BCUT2D eigenvalue weighted by molar-refractivity contribution is 5.97. The van der Waals surface area contributed by atoms with Gasteiger partial charge in [0.05, 0.1) is 17.8 Å². The average Bonchev–Trinajstić information content (AvgIpc) is 2.82. The van der Waals surface area contributed by atoms with E-state index in [0.717, 1.165) is 5.39 Å². The Morgan fingerprint density at radius 1 is 1.37 bits per heavy atom. The number of rotatable bonds is 2. The van der Waals surface area contributed by atoms with Crippen LogP contribution in [0.15, 0.2) is 18.2 Å². The van der Waals surface area contributed by atoms with E-state index in [2.05, 4.69) is 4.98 Å². The van der Waals surface area contributed by atoms with Gasteiger partial charge in [0.15, 0.2) is 17.2 Å². The van der Waals surface area contributed by atoms with Gasteiger partial charge in [0.1, 0.15) is 0 Å². The molecule has 1 aliphatic heterocycles.